The number of rotatable bonds is 4. The number of fused-ring (bicyclic) bond motifs is 1. The fourth-order valence-corrected chi connectivity index (χ4v) is 2.01. The van der Waals surface area contributed by atoms with E-state index in [0.29, 0.717) is 5.88 Å². The maximum Gasteiger partial charge on any atom is 0.153 e. The van der Waals surface area contributed by atoms with Crippen molar-refractivity contribution < 1.29 is 4.74 Å². The lowest BCUT2D eigenvalue weighted by atomic mass is 10.1. The number of nitrogens with zero attached hydrogens (tertiary/aromatic N) is 1. The summed E-state index contributed by atoms with van der Waals surface area (Å²) in [5, 5.41) is 0. The Hall–Kier alpha value is -1.15. The van der Waals surface area contributed by atoms with E-state index in [1.54, 1.807) is 6.26 Å². The van der Waals surface area contributed by atoms with Crippen molar-refractivity contribution in [1.29, 1.82) is 0 Å². The molecular formula is C13H16ClNO. The van der Waals surface area contributed by atoms with E-state index in [-0.39, 0.29) is 0 Å². The van der Waals surface area contributed by atoms with Crippen molar-refractivity contribution in [3.8, 4) is 5.75 Å². The Morgan fingerprint density at radius 3 is 3.00 bits per heavy atom. The van der Waals surface area contributed by atoms with Crippen molar-refractivity contribution in [2.24, 2.45) is 0 Å². The van der Waals surface area contributed by atoms with Crippen LogP contribution in [0.25, 0.3) is 0 Å². The average molecular weight is 238 g/mol. The first-order valence-corrected chi connectivity index (χ1v) is 6.18. The number of halogens is 1. The van der Waals surface area contributed by atoms with Crippen molar-refractivity contribution in [3.63, 3.8) is 0 Å². The van der Waals surface area contributed by atoms with Gasteiger partial charge in [-0.15, -0.1) is 11.6 Å². The van der Waals surface area contributed by atoms with Crippen LogP contribution < -0.4 is 9.64 Å². The van der Waals surface area contributed by atoms with Crippen LogP contribution in [0.3, 0.4) is 0 Å². The molecule has 16 heavy (non-hydrogen) atoms. The molecule has 3 heteroatoms. The van der Waals surface area contributed by atoms with Crippen LogP contribution in [-0.4, -0.2) is 12.4 Å². The molecule has 0 saturated carbocycles. The van der Waals surface area contributed by atoms with Crippen LogP contribution in [0.5, 0.6) is 5.75 Å². The molecule has 0 spiro atoms. The molecule has 0 aliphatic carbocycles. The molecule has 2 nitrogen and oxygen atoms in total. The lowest BCUT2D eigenvalue weighted by Crippen LogP contribution is -2.21. The summed E-state index contributed by atoms with van der Waals surface area (Å²) in [5.41, 5.74) is 2.39. The molecule has 0 unspecified atom stereocenters. The molecule has 1 aliphatic rings. The number of alkyl halides is 1. The van der Waals surface area contributed by atoms with Crippen LogP contribution >= 0.6 is 11.6 Å². The third-order valence-electron chi connectivity index (χ3n) is 2.73. The molecule has 0 aromatic heterocycles. The van der Waals surface area contributed by atoms with Gasteiger partial charge in [-0.2, -0.15) is 0 Å². The predicted octanol–water partition coefficient (Wildman–Crippen LogP) is 3.55. The topological polar surface area (TPSA) is 12.5 Å². The molecule has 0 N–H and O–H groups in total. The number of hydrogen-bond donors (Lipinski definition) is 0. The summed E-state index contributed by atoms with van der Waals surface area (Å²) >= 11 is 5.72. The smallest absolute Gasteiger partial charge is 0.153 e. The molecule has 0 atom stereocenters. The highest BCUT2D eigenvalue weighted by atomic mass is 35.5. The lowest BCUT2D eigenvalue weighted by molar-refractivity contribution is 0.463. The van der Waals surface area contributed by atoms with E-state index in [4.69, 9.17) is 16.3 Å². The van der Waals surface area contributed by atoms with Crippen LogP contribution in [0.4, 0.5) is 5.69 Å². The molecule has 0 radical (unpaired) electrons. The maximum atomic E-state index is 5.72. The van der Waals surface area contributed by atoms with Crippen molar-refractivity contribution >= 4 is 17.3 Å². The predicted molar refractivity (Wildman–Crippen MR) is 68.3 cm³/mol. The molecule has 1 aromatic carbocycles. The minimum atomic E-state index is 0.688. The van der Waals surface area contributed by atoms with Gasteiger partial charge in [0.2, 0.25) is 0 Å². The van der Waals surface area contributed by atoms with Crippen molar-refractivity contribution in [2.45, 2.75) is 19.8 Å². The summed E-state index contributed by atoms with van der Waals surface area (Å²) in [5.74, 6) is 1.68. The number of ether oxygens (including phenoxy) is 1. The lowest BCUT2D eigenvalue weighted by Gasteiger charge is -2.27. The molecule has 86 valence electrons. The molecule has 1 aromatic rings. The summed E-state index contributed by atoms with van der Waals surface area (Å²) in [4.78, 5) is 2.19. The van der Waals surface area contributed by atoms with E-state index in [9.17, 15) is 0 Å². The van der Waals surface area contributed by atoms with Crippen LogP contribution in [-0.2, 0) is 6.42 Å². The molecule has 0 amide bonds. The third-order valence-corrected chi connectivity index (χ3v) is 2.99. The number of para-hydroxylation sites is 1. The van der Waals surface area contributed by atoms with Crippen LogP contribution in [0.15, 0.2) is 30.7 Å². The fraction of sp³-hybridized carbons (Fsp3) is 0.385. The number of benzene rings is 1. The van der Waals surface area contributed by atoms with E-state index < -0.39 is 0 Å². The zero-order valence-electron chi connectivity index (χ0n) is 9.45. The second-order valence-electron chi connectivity index (χ2n) is 3.76. The van der Waals surface area contributed by atoms with Crippen LogP contribution in [0, 0.1) is 0 Å². The van der Waals surface area contributed by atoms with Gasteiger partial charge < -0.3 is 9.64 Å². The average Bonchev–Trinajstić information content (AvgIpc) is 2.35. The van der Waals surface area contributed by atoms with Gasteiger partial charge in [-0.1, -0.05) is 19.1 Å². The summed E-state index contributed by atoms with van der Waals surface area (Å²) in [6.45, 7) is 3.07. The summed E-state index contributed by atoms with van der Waals surface area (Å²) < 4.78 is 5.60. The van der Waals surface area contributed by atoms with E-state index in [1.807, 2.05) is 6.20 Å². The quantitative estimate of drug-likeness (QED) is 0.743. The Morgan fingerprint density at radius 2 is 2.25 bits per heavy atom. The molecule has 1 aliphatic heterocycles. The van der Waals surface area contributed by atoms with E-state index in [0.717, 1.165) is 30.8 Å². The normalized spacial score (nSPS) is 13.5. The van der Waals surface area contributed by atoms with Gasteiger partial charge in [-0.25, -0.2) is 0 Å². The SMILES string of the molecule is CCc1cccc2c1OC=CN2CCCCl. The zero-order valence-corrected chi connectivity index (χ0v) is 10.2. The largest absolute Gasteiger partial charge is 0.461 e. The van der Waals surface area contributed by atoms with Gasteiger partial charge in [-0.05, 0) is 24.5 Å². The zero-order chi connectivity index (χ0) is 11.4. The molecule has 0 fully saturated rings. The van der Waals surface area contributed by atoms with Gasteiger partial charge in [0.15, 0.2) is 5.75 Å². The molecule has 0 saturated heterocycles. The van der Waals surface area contributed by atoms with Gasteiger partial charge in [0.1, 0.15) is 6.26 Å². The standard InChI is InChI=1S/C13H16ClNO/c1-2-11-5-3-6-12-13(11)16-10-9-15(12)8-4-7-14/h3,5-6,9-10H,2,4,7-8H2,1H3. The first-order chi connectivity index (χ1) is 7.86. The minimum absolute atomic E-state index is 0.688. The van der Waals surface area contributed by atoms with E-state index in [1.165, 1.54) is 5.56 Å². The van der Waals surface area contributed by atoms with Crippen LogP contribution in [0.1, 0.15) is 18.9 Å². The maximum absolute atomic E-state index is 5.72. The second-order valence-corrected chi connectivity index (χ2v) is 4.14. The highest BCUT2D eigenvalue weighted by molar-refractivity contribution is 6.17. The summed E-state index contributed by atoms with van der Waals surface area (Å²) in [7, 11) is 0. The van der Waals surface area contributed by atoms with E-state index in [2.05, 4.69) is 30.0 Å². The summed E-state index contributed by atoms with van der Waals surface area (Å²) in [6.07, 6.45) is 5.67. The first kappa shape index (κ1) is 11.3. The Labute approximate surface area is 101 Å². The highest BCUT2D eigenvalue weighted by Gasteiger charge is 2.16. The molecule has 1 heterocycles. The fourth-order valence-electron chi connectivity index (χ4n) is 1.89. The van der Waals surface area contributed by atoms with Crippen molar-refractivity contribution in [2.75, 3.05) is 17.3 Å². The number of anilines is 1. The summed E-state index contributed by atoms with van der Waals surface area (Å²) in [6, 6.07) is 6.28. The Balaban J connectivity index is 2.28. The van der Waals surface area contributed by atoms with Crippen molar-refractivity contribution in [3.05, 3.63) is 36.2 Å². The van der Waals surface area contributed by atoms with Gasteiger partial charge in [-0.3, -0.25) is 0 Å². The number of aryl methyl sites for hydroxylation is 1. The van der Waals surface area contributed by atoms with Crippen LogP contribution in [0.2, 0.25) is 0 Å². The van der Waals surface area contributed by atoms with Gasteiger partial charge in [0, 0.05) is 18.6 Å². The number of hydrogen-bond acceptors (Lipinski definition) is 2. The minimum Gasteiger partial charge on any atom is -0.461 e. The Bertz CT molecular complexity index is 390. The Kier molecular flexibility index (Phi) is 3.73. The first-order valence-electron chi connectivity index (χ1n) is 5.64. The van der Waals surface area contributed by atoms with E-state index >= 15 is 0 Å². The molecule has 2 rings (SSSR count). The molecular weight excluding hydrogens is 222 g/mol. The van der Waals surface area contributed by atoms with Gasteiger partial charge in [0.25, 0.3) is 0 Å². The van der Waals surface area contributed by atoms with Gasteiger partial charge in [0.05, 0.1) is 5.69 Å². The Morgan fingerprint density at radius 1 is 1.38 bits per heavy atom. The van der Waals surface area contributed by atoms with Gasteiger partial charge >= 0.3 is 0 Å². The van der Waals surface area contributed by atoms with Crippen molar-refractivity contribution in [1.82, 2.24) is 0 Å². The second kappa shape index (κ2) is 5.26. The highest BCUT2D eigenvalue weighted by Crippen LogP contribution is 2.35. The molecule has 0 bridgehead atoms. The third kappa shape index (κ3) is 2.17. The monoisotopic (exact) mass is 237 g/mol.